The summed E-state index contributed by atoms with van der Waals surface area (Å²) in [6.07, 6.45) is 3.46. The van der Waals surface area contributed by atoms with Gasteiger partial charge in [0.15, 0.2) is 5.82 Å². The van der Waals surface area contributed by atoms with E-state index in [1.807, 2.05) is 0 Å². The highest BCUT2D eigenvalue weighted by molar-refractivity contribution is 6.33. The highest BCUT2D eigenvalue weighted by Crippen LogP contribution is 2.34. The van der Waals surface area contributed by atoms with Gasteiger partial charge in [0.05, 0.1) is 10.7 Å². The summed E-state index contributed by atoms with van der Waals surface area (Å²) >= 11 is 5.91. The minimum atomic E-state index is -0.646. The molecule has 2 rings (SSSR count). The molecule has 1 aromatic carbocycles. The second kappa shape index (κ2) is 5.43. The van der Waals surface area contributed by atoms with Crippen molar-refractivity contribution in [2.45, 2.75) is 39.2 Å². The molecule has 1 saturated carbocycles. The monoisotopic (exact) mass is 273 g/mol. The van der Waals surface area contributed by atoms with Gasteiger partial charge in [-0.15, -0.1) is 0 Å². The van der Waals surface area contributed by atoms with Crippen LogP contribution in [0.25, 0.3) is 0 Å². The summed E-state index contributed by atoms with van der Waals surface area (Å²) in [4.78, 5) is 0. The molecule has 0 bridgehead atoms. The van der Waals surface area contributed by atoms with E-state index >= 15 is 0 Å². The van der Waals surface area contributed by atoms with E-state index < -0.39 is 11.6 Å². The number of rotatable bonds is 2. The Kier molecular flexibility index (Phi) is 4.10. The second-order valence-corrected chi connectivity index (χ2v) is 5.71. The van der Waals surface area contributed by atoms with E-state index in [4.69, 9.17) is 11.6 Å². The standard InChI is InChI=1S/C14H18ClF2N/c1-8-4-3-5-9(2)13(8)18-14-11(15)6-10(16)7-12(14)17/h6-9,13,18H,3-5H2,1-2H3. The van der Waals surface area contributed by atoms with E-state index in [9.17, 15) is 8.78 Å². The molecule has 0 aliphatic heterocycles. The number of halogens is 3. The van der Waals surface area contributed by atoms with Crippen molar-refractivity contribution in [3.63, 3.8) is 0 Å². The van der Waals surface area contributed by atoms with Gasteiger partial charge in [-0.1, -0.05) is 31.9 Å². The smallest absolute Gasteiger partial charge is 0.150 e. The van der Waals surface area contributed by atoms with E-state index in [-0.39, 0.29) is 16.8 Å². The zero-order valence-corrected chi connectivity index (χ0v) is 11.4. The fourth-order valence-corrected chi connectivity index (χ4v) is 3.06. The van der Waals surface area contributed by atoms with Crippen LogP contribution in [0.2, 0.25) is 5.02 Å². The van der Waals surface area contributed by atoms with Crippen LogP contribution in [0.4, 0.5) is 14.5 Å². The molecule has 1 N–H and O–H groups in total. The molecule has 0 radical (unpaired) electrons. The first-order valence-electron chi connectivity index (χ1n) is 6.40. The molecule has 0 saturated heterocycles. The van der Waals surface area contributed by atoms with Gasteiger partial charge >= 0.3 is 0 Å². The summed E-state index contributed by atoms with van der Waals surface area (Å²) in [6.45, 7) is 4.31. The molecule has 0 aromatic heterocycles. The molecule has 1 aromatic rings. The van der Waals surface area contributed by atoms with Crippen LogP contribution in [0.1, 0.15) is 33.1 Å². The third-order valence-electron chi connectivity index (χ3n) is 3.86. The van der Waals surface area contributed by atoms with Crippen LogP contribution in [0, 0.1) is 23.5 Å². The topological polar surface area (TPSA) is 12.0 Å². The zero-order valence-electron chi connectivity index (χ0n) is 10.6. The maximum atomic E-state index is 13.7. The van der Waals surface area contributed by atoms with Gasteiger partial charge in [-0.25, -0.2) is 8.78 Å². The van der Waals surface area contributed by atoms with Crippen LogP contribution in [-0.4, -0.2) is 6.04 Å². The van der Waals surface area contributed by atoms with Crippen LogP contribution in [0.15, 0.2) is 12.1 Å². The molecule has 1 aliphatic rings. The van der Waals surface area contributed by atoms with E-state index in [1.165, 1.54) is 6.42 Å². The SMILES string of the molecule is CC1CCCC(C)C1Nc1c(F)cc(F)cc1Cl. The van der Waals surface area contributed by atoms with Gasteiger partial charge in [-0.05, 0) is 30.7 Å². The quantitative estimate of drug-likeness (QED) is 0.812. The Labute approximate surface area is 112 Å². The molecule has 1 fully saturated rings. The van der Waals surface area contributed by atoms with E-state index in [1.54, 1.807) is 0 Å². The van der Waals surface area contributed by atoms with Gasteiger partial charge in [0, 0.05) is 12.1 Å². The number of benzene rings is 1. The maximum absolute atomic E-state index is 13.7. The van der Waals surface area contributed by atoms with Crippen LogP contribution in [0.5, 0.6) is 0 Å². The average Bonchev–Trinajstić information content (AvgIpc) is 2.26. The average molecular weight is 274 g/mol. The molecule has 4 heteroatoms. The molecule has 0 amide bonds. The summed E-state index contributed by atoms with van der Waals surface area (Å²) in [5.74, 6) is -0.332. The molecular formula is C14H18ClF2N. The summed E-state index contributed by atoms with van der Waals surface area (Å²) in [5, 5.41) is 3.28. The highest BCUT2D eigenvalue weighted by Gasteiger charge is 2.28. The lowest BCUT2D eigenvalue weighted by Gasteiger charge is -2.36. The summed E-state index contributed by atoms with van der Waals surface area (Å²) in [6, 6.07) is 2.20. The van der Waals surface area contributed by atoms with Crippen LogP contribution < -0.4 is 5.32 Å². The molecule has 100 valence electrons. The Morgan fingerprint density at radius 2 is 1.78 bits per heavy atom. The minimum absolute atomic E-state index is 0.109. The highest BCUT2D eigenvalue weighted by atomic mass is 35.5. The van der Waals surface area contributed by atoms with Crippen molar-refractivity contribution in [2.24, 2.45) is 11.8 Å². The number of anilines is 1. The lowest BCUT2D eigenvalue weighted by atomic mass is 9.78. The van der Waals surface area contributed by atoms with Crippen molar-refractivity contribution in [3.05, 3.63) is 28.8 Å². The lowest BCUT2D eigenvalue weighted by molar-refractivity contribution is 0.267. The van der Waals surface area contributed by atoms with Crippen molar-refractivity contribution in [1.29, 1.82) is 0 Å². The Morgan fingerprint density at radius 1 is 1.17 bits per heavy atom. The first kappa shape index (κ1) is 13.6. The molecular weight excluding hydrogens is 256 g/mol. The summed E-state index contributed by atoms with van der Waals surface area (Å²) < 4.78 is 26.7. The van der Waals surface area contributed by atoms with Gasteiger partial charge in [0.2, 0.25) is 0 Å². The first-order valence-corrected chi connectivity index (χ1v) is 6.78. The Balaban J connectivity index is 2.23. The number of hydrogen-bond donors (Lipinski definition) is 1. The predicted molar refractivity (Wildman–Crippen MR) is 71.0 cm³/mol. The molecule has 2 unspecified atom stereocenters. The molecule has 0 heterocycles. The largest absolute Gasteiger partial charge is 0.378 e. The molecule has 18 heavy (non-hydrogen) atoms. The van der Waals surface area contributed by atoms with E-state index in [0.717, 1.165) is 25.0 Å². The van der Waals surface area contributed by atoms with Crippen molar-refractivity contribution in [3.8, 4) is 0 Å². The Bertz CT molecular complexity index is 403. The fraction of sp³-hybridized carbons (Fsp3) is 0.571. The van der Waals surface area contributed by atoms with Crippen molar-refractivity contribution in [1.82, 2.24) is 0 Å². The van der Waals surface area contributed by atoms with Crippen molar-refractivity contribution in [2.75, 3.05) is 5.32 Å². The van der Waals surface area contributed by atoms with Crippen LogP contribution in [0.3, 0.4) is 0 Å². The summed E-state index contributed by atoms with van der Waals surface area (Å²) in [5.41, 5.74) is 0.226. The molecule has 1 aliphatic carbocycles. The predicted octanol–water partition coefficient (Wildman–Crippen LogP) is 4.85. The normalized spacial score (nSPS) is 28.2. The Hall–Kier alpha value is -0.830. The van der Waals surface area contributed by atoms with E-state index in [2.05, 4.69) is 19.2 Å². The third-order valence-corrected chi connectivity index (χ3v) is 4.16. The second-order valence-electron chi connectivity index (χ2n) is 5.30. The first-order chi connectivity index (χ1) is 8.49. The molecule has 0 spiro atoms. The van der Waals surface area contributed by atoms with Gasteiger partial charge < -0.3 is 5.32 Å². The van der Waals surface area contributed by atoms with Gasteiger partial charge in [-0.3, -0.25) is 0 Å². The van der Waals surface area contributed by atoms with Crippen molar-refractivity contribution >= 4 is 17.3 Å². The zero-order chi connectivity index (χ0) is 13.3. The van der Waals surface area contributed by atoms with Gasteiger partial charge in [-0.2, -0.15) is 0 Å². The molecule has 2 atom stereocenters. The van der Waals surface area contributed by atoms with Gasteiger partial charge in [0.25, 0.3) is 0 Å². The minimum Gasteiger partial charge on any atom is -0.378 e. The number of nitrogens with one attached hydrogen (secondary N) is 1. The molecule has 1 nitrogen and oxygen atoms in total. The summed E-state index contributed by atoms with van der Waals surface area (Å²) in [7, 11) is 0. The Morgan fingerprint density at radius 3 is 2.33 bits per heavy atom. The third kappa shape index (κ3) is 2.77. The van der Waals surface area contributed by atoms with Crippen molar-refractivity contribution < 1.29 is 8.78 Å². The van der Waals surface area contributed by atoms with E-state index in [0.29, 0.717) is 11.8 Å². The fourth-order valence-electron chi connectivity index (χ4n) is 2.81. The maximum Gasteiger partial charge on any atom is 0.150 e. The number of hydrogen-bond acceptors (Lipinski definition) is 1. The van der Waals surface area contributed by atoms with Crippen LogP contribution in [-0.2, 0) is 0 Å². The van der Waals surface area contributed by atoms with Gasteiger partial charge in [0.1, 0.15) is 5.82 Å². The lowest BCUT2D eigenvalue weighted by Crippen LogP contribution is -2.37. The van der Waals surface area contributed by atoms with Crippen LogP contribution >= 0.6 is 11.6 Å².